The fraction of sp³-hybridized carbons (Fsp3) is 0.259. The van der Waals surface area contributed by atoms with E-state index in [-0.39, 0.29) is 12.5 Å². The highest BCUT2D eigenvalue weighted by molar-refractivity contribution is 6.30. The van der Waals surface area contributed by atoms with E-state index in [1.165, 1.54) is 12.0 Å². The van der Waals surface area contributed by atoms with Crippen molar-refractivity contribution >= 4 is 23.5 Å². The van der Waals surface area contributed by atoms with Crippen LogP contribution in [-0.4, -0.2) is 41.1 Å². The van der Waals surface area contributed by atoms with E-state index in [0.29, 0.717) is 34.9 Å². The van der Waals surface area contributed by atoms with Gasteiger partial charge in [0.1, 0.15) is 12.1 Å². The predicted octanol–water partition coefficient (Wildman–Crippen LogP) is 5.01. The van der Waals surface area contributed by atoms with Gasteiger partial charge < -0.3 is 19.5 Å². The van der Waals surface area contributed by atoms with Gasteiger partial charge in [0, 0.05) is 35.5 Å². The lowest BCUT2D eigenvalue weighted by atomic mass is 9.91. The average molecular weight is 480 g/mol. The van der Waals surface area contributed by atoms with E-state index in [0.717, 1.165) is 16.7 Å². The summed E-state index contributed by atoms with van der Waals surface area (Å²) in [5.74, 6) is -0.381. The number of methoxy groups -OCH3 is 1. The molecule has 4 rings (SSSR count). The topological polar surface area (TPSA) is 76.1 Å². The SMILES string of the molecule is COc1cc(C(=O)N(CC(=O)O)Cc2ccccc2)cc2c1OC(C)(Cc1ccc(Cl)cc1)C2. The Bertz CT molecular complexity index is 1200. The Hall–Kier alpha value is -3.51. The van der Waals surface area contributed by atoms with Crippen LogP contribution in [0.3, 0.4) is 0 Å². The third-order valence-corrected chi connectivity index (χ3v) is 6.08. The number of carboxylic acids is 1. The molecule has 34 heavy (non-hydrogen) atoms. The summed E-state index contributed by atoms with van der Waals surface area (Å²) in [5.41, 5.74) is 2.64. The zero-order valence-electron chi connectivity index (χ0n) is 19.1. The maximum Gasteiger partial charge on any atom is 0.323 e. The third-order valence-electron chi connectivity index (χ3n) is 5.83. The van der Waals surface area contributed by atoms with Crippen molar-refractivity contribution in [3.05, 3.63) is 94.0 Å². The maximum absolute atomic E-state index is 13.4. The van der Waals surface area contributed by atoms with Gasteiger partial charge in [-0.1, -0.05) is 54.1 Å². The van der Waals surface area contributed by atoms with Crippen LogP contribution in [0.15, 0.2) is 66.7 Å². The first-order valence-electron chi connectivity index (χ1n) is 11.0. The molecule has 1 amide bonds. The number of carbonyl (C=O) groups is 2. The number of benzene rings is 3. The van der Waals surface area contributed by atoms with Crippen LogP contribution in [0, 0.1) is 0 Å². The molecule has 0 aliphatic carbocycles. The van der Waals surface area contributed by atoms with Crippen molar-refractivity contribution in [1.29, 1.82) is 0 Å². The molecular weight excluding hydrogens is 454 g/mol. The van der Waals surface area contributed by atoms with Crippen LogP contribution in [0.25, 0.3) is 0 Å². The Morgan fingerprint density at radius 3 is 2.44 bits per heavy atom. The van der Waals surface area contributed by atoms with Gasteiger partial charge >= 0.3 is 5.97 Å². The Morgan fingerprint density at radius 1 is 1.09 bits per heavy atom. The van der Waals surface area contributed by atoms with Crippen molar-refractivity contribution in [2.45, 2.75) is 31.9 Å². The first kappa shape index (κ1) is 23.6. The second-order valence-corrected chi connectivity index (χ2v) is 9.18. The molecule has 0 fully saturated rings. The van der Waals surface area contributed by atoms with E-state index in [9.17, 15) is 14.7 Å². The Kier molecular flexibility index (Phi) is 6.80. The van der Waals surface area contributed by atoms with Crippen molar-refractivity contribution in [2.75, 3.05) is 13.7 Å². The van der Waals surface area contributed by atoms with Gasteiger partial charge in [0.25, 0.3) is 5.91 Å². The Morgan fingerprint density at radius 2 is 1.79 bits per heavy atom. The van der Waals surface area contributed by atoms with E-state index in [2.05, 4.69) is 0 Å². The van der Waals surface area contributed by atoms with Crippen molar-refractivity contribution in [1.82, 2.24) is 4.90 Å². The lowest BCUT2D eigenvalue weighted by molar-refractivity contribution is -0.137. The number of carbonyl (C=O) groups excluding carboxylic acids is 1. The maximum atomic E-state index is 13.4. The first-order valence-corrected chi connectivity index (χ1v) is 11.3. The first-order chi connectivity index (χ1) is 16.3. The molecular formula is C27H26ClNO5. The van der Waals surface area contributed by atoms with Crippen LogP contribution in [0.4, 0.5) is 0 Å². The van der Waals surface area contributed by atoms with Crippen LogP contribution in [0.5, 0.6) is 11.5 Å². The number of hydrogen-bond acceptors (Lipinski definition) is 4. The molecule has 1 aliphatic heterocycles. The molecule has 176 valence electrons. The minimum Gasteiger partial charge on any atom is -0.493 e. The summed E-state index contributed by atoms with van der Waals surface area (Å²) in [5, 5.41) is 10.1. The fourth-order valence-electron chi connectivity index (χ4n) is 4.35. The molecule has 0 saturated carbocycles. The predicted molar refractivity (Wildman–Crippen MR) is 130 cm³/mol. The highest BCUT2D eigenvalue weighted by Gasteiger charge is 2.38. The van der Waals surface area contributed by atoms with Crippen LogP contribution >= 0.6 is 11.6 Å². The van der Waals surface area contributed by atoms with Gasteiger partial charge in [-0.05, 0) is 42.3 Å². The number of carboxylic acid groups (broad SMARTS) is 1. The normalized spacial score (nSPS) is 16.4. The van der Waals surface area contributed by atoms with Crippen molar-refractivity contribution < 1.29 is 24.2 Å². The minimum atomic E-state index is -1.07. The minimum absolute atomic E-state index is 0.191. The van der Waals surface area contributed by atoms with Crippen LogP contribution in [0.2, 0.25) is 5.02 Å². The molecule has 6 nitrogen and oxygen atoms in total. The van der Waals surface area contributed by atoms with Gasteiger partial charge in [-0.3, -0.25) is 9.59 Å². The standard InChI is InChI=1S/C27H26ClNO5/c1-27(14-18-8-10-22(28)11-9-18)15-21-12-20(13-23(33-2)25(21)34-27)26(32)29(17-24(30)31)16-19-6-4-3-5-7-19/h3-13H,14-17H2,1-2H3,(H,30,31). The molecule has 3 aromatic carbocycles. The molecule has 1 aliphatic rings. The highest BCUT2D eigenvalue weighted by Crippen LogP contribution is 2.44. The number of ether oxygens (including phenoxy) is 2. The summed E-state index contributed by atoms with van der Waals surface area (Å²) >= 11 is 6.01. The van der Waals surface area contributed by atoms with E-state index in [1.807, 2.05) is 61.5 Å². The molecule has 0 bridgehead atoms. The van der Waals surface area contributed by atoms with Gasteiger partial charge in [-0.25, -0.2) is 0 Å². The van der Waals surface area contributed by atoms with Gasteiger partial charge in [0.15, 0.2) is 11.5 Å². The largest absolute Gasteiger partial charge is 0.493 e. The number of rotatable bonds is 8. The molecule has 0 radical (unpaired) electrons. The monoisotopic (exact) mass is 479 g/mol. The molecule has 1 N–H and O–H groups in total. The summed E-state index contributed by atoms with van der Waals surface area (Å²) in [7, 11) is 1.53. The highest BCUT2D eigenvalue weighted by atomic mass is 35.5. The second kappa shape index (κ2) is 9.77. The summed E-state index contributed by atoms with van der Waals surface area (Å²) in [6, 6.07) is 20.4. The van der Waals surface area contributed by atoms with Crippen LogP contribution < -0.4 is 9.47 Å². The van der Waals surface area contributed by atoms with Gasteiger partial charge in [-0.2, -0.15) is 0 Å². The van der Waals surface area contributed by atoms with Gasteiger partial charge in [-0.15, -0.1) is 0 Å². The van der Waals surface area contributed by atoms with Crippen molar-refractivity contribution in [2.24, 2.45) is 0 Å². The molecule has 3 aromatic rings. The van der Waals surface area contributed by atoms with E-state index in [4.69, 9.17) is 21.1 Å². The fourth-order valence-corrected chi connectivity index (χ4v) is 4.48. The lowest BCUT2D eigenvalue weighted by Gasteiger charge is -2.24. The van der Waals surface area contributed by atoms with E-state index < -0.39 is 18.1 Å². The quantitative estimate of drug-likeness (QED) is 0.491. The molecule has 0 spiro atoms. The van der Waals surface area contributed by atoms with Crippen LogP contribution in [0.1, 0.15) is 34.0 Å². The smallest absolute Gasteiger partial charge is 0.323 e. The molecule has 0 saturated heterocycles. The van der Waals surface area contributed by atoms with E-state index in [1.54, 1.807) is 12.1 Å². The number of aliphatic carboxylic acids is 1. The average Bonchev–Trinajstić information content (AvgIpc) is 3.15. The third kappa shape index (κ3) is 5.34. The summed E-state index contributed by atoms with van der Waals surface area (Å²) in [4.78, 5) is 26.2. The Labute approximate surface area is 203 Å². The number of hydrogen-bond donors (Lipinski definition) is 1. The summed E-state index contributed by atoms with van der Waals surface area (Å²) < 4.78 is 11.9. The summed E-state index contributed by atoms with van der Waals surface area (Å²) in [6.07, 6.45) is 1.24. The van der Waals surface area contributed by atoms with Crippen LogP contribution in [-0.2, 0) is 24.2 Å². The van der Waals surface area contributed by atoms with Gasteiger partial charge in [0.05, 0.1) is 7.11 Å². The van der Waals surface area contributed by atoms with Crippen molar-refractivity contribution in [3.8, 4) is 11.5 Å². The number of fused-ring (bicyclic) bond motifs is 1. The Balaban J connectivity index is 1.60. The van der Waals surface area contributed by atoms with Gasteiger partial charge in [0.2, 0.25) is 0 Å². The zero-order chi connectivity index (χ0) is 24.3. The molecule has 0 aromatic heterocycles. The molecule has 1 heterocycles. The molecule has 1 unspecified atom stereocenters. The lowest BCUT2D eigenvalue weighted by Crippen LogP contribution is -2.35. The molecule has 7 heteroatoms. The number of amides is 1. The number of nitrogens with zero attached hydrogens (tertiary/aromatic N) is 1. The van der Waals surface area contributed by atoms with E-state index >= 15 is 0 Å². The van der Waals surface area contributed by atoms with Crippen molar-refractivity contribution in [3.63, 3.8) is 0 Å². The molecule has 1 atom stereocenters. The number of halogens is 1. The second-order valence-electron chi connectivity index (χ2n) is 8.74. The zero-order valence-corrected chi connectivity index (χ0v) is 19.8. The summed E-state index contributed by atoms with van der Waals surface area (Å²) in [6.45, 7) is 1.81.